The molecule has 0 aromatic heterocycles. The van der Waals surface area contributed by atoms with Gasteiger partial charge in [0.2, 0.25) is 0 Å². The van der Waals surface area contributed by atoms with E-state index in [2.05, 4.69) is 142 Å². The SMILES string of the molecule is CC/C=C\C/C=C\C/C=C\C/C=C\CCCCCCCCC(=O)OCC(COC(=O)CCCCCCC\C=C/C=C\C=C/CCCCCCC)OC(=O)CCCCCCCCCCC/C=C\C/C=C\C/C=C\CC. The van der Waals surface area contributed by atoms with Crippen molar-refractivity contribution in [1.82, 2.24) is 0 Å². The molecule has 1 unspecified atom stereocenters. The van der Waals surface area contributed by atoms with Crippen molar-refractivity contribution in [1.29, 1.82) is 0 Å². The molecule has 0 amide bonds. The number of carbonyl (C=O) groups is 3. The Kier molecular flexibility index (Phi) is 57.9. The Morgan fingerprint density at radius 2 is 0.581 bits per heavy atom. The van der Waals surface area contributed by atoms with Crippen LogP contribution < -0.4 is 0 Å². The fourth-order valence-electron chi connectivity index (χ4n) is 8.21. The van der Waals surface area contributed by atoms with Crippen molar-refractivity contribution in [3.63, 3.8) is 0 Å². The predicted octanol–water partition coefficient (Wildman–Crippen LogP) is 20.8. The normalized spacial score (nSPS) is 13.0. The van der Waals surface area contributed by atoms with E-state index in [0.29, 0.717) is 19.3 Å². The van der Waals surface area contributed by atoms with E-state index >= 15 is 0 Å². The zero-order chi connectivity index (χ0) is 53.6. The van der Waals surface area contributed by atoms with E-state index in [1.54, 1.807) is 0 Å². The molecule has 0 aliphatic heterocycles. The van der Waals surface area contributed by atoms with Gasteiger partial charge in [-0.25, -0.2) is 0 Å². The highest BCUT2D eigenvalue weighted by atomic mass is 16.6. The number of hydrogen-bond donors (Lipinski definition) is 0. The summed E-state index contributed by atoms with van der Waals surface area (Å²) in [4.78, 5) is 38.3. The van der Waals surface area contributed by atoms with Crippen molar-refractivity contribution in [2.45, 2.75) is 277 Å². The standard InChI is InChI=1S/C68H112O6/c1-4-7-10-13-16-19-22-25-28-31-34-37-40-43-46-49-52-55-58-61-67(70)73-64-65(63-72-66(69)60-57-54-51-48-45-42-39-36-33-30-27-24-21-18-15-12-9-6-3)74-68(71)62-59-56-53-50-47-44-41-38-35-32-29-26-23-20-17-14-11-8-5-2/h7-8,10-11,16-17,19-20,24-30,33-34,36-37,39,65H,4-6,9,12-15,18,21-23,31-32,35,38,40-64H2,1-3H3/b10-7-,11-8-,19-16-,20-17-,27-24-,28-25-,29-26-,33-30-,37-34-,39-36-. The molecule has 0 rings (SSSR count). The fourth-order valence-corrected chi connectivity index (χ4v) is 8.21. The number of hydrogen-bond acceptors (Lipinski definition) is 6. The highest BCUT2D eigenvalue weighted by Gasteiger charge is 2.19. The number of carbonyl (C=O) groups excluding carboxylic acids is 3. The van der Waals surface area contributed by atoms with Gasteiger partial charge in [0.25, 0.3) is 0 Å². The maximum absolute atomic E-state index is 12.9. The molecule has 0 aliphatic carbocycles. The molecule has 0 radical (unpaired) electrons. The smallest absolute Gasteiger partial charge is 0.306 e. The Hall–Kier alpha value is -4.19. The number of allylic oxidation sites excluding steroid dienone is 20. The molecule has 74 heavy (non-hydrogen) atoms. The summed E-state index contributed by atoms with van der Waals surface area (Å²) in [6, 6.07) is 0. The first-order chi connectivity index (χ1) is 36.5. The third-order valence-corrected chi connectivity index (χ3v) is 12.7. The molecular formula is C68H112O6. The first-order valence-corrected chi connectivity index (χ1v) is 30.6. The van der Waals surface area contributed by atoms with E-state index in [9.17, 15) is 14.4 Å². The van der Waals surface area contributed by atoms with Gasteiger partial charge in [-0.3, -0.25) is 14.4 Å². The molecule has 0 aromatic rings. The topological polar surface area (TPSA) is 78.9 Å². The summed E-state index contributed by atoms with van der Waals surface area (Å²) in [5, 5.41) is 0. The van der Waals surface area contributed by atoms with Crippen LogP contribution in [0.2, 0.25) is 0 Å². The average molecular weight is 1030 g/mol. The molecule has 0 aromatic carbocycles. The summed E-state index contributed by atoms with van der Waals surface area (Å²) >= 11 is 0. The van der Waals surface area contributed by atoms with Gasteiger partial charge in [-0.15, -0.1) is 0 Å². The predicted molar refractivity (Wildman–Crippen MR) is 320 cm³/mol. The molecule has 0 N–H and O–H groups in total. The molecule has 0 spiro atoms. The van der Waals surface area contributed by atoms with Gasteiger partial charge in [0, 0.05) is 19.3 Å². The van der Waals surface area contributed by atoms with Crippen molar-refractivity contribution < 1.29 is 28.6 Å². The van der Waals surface area contributed by atoms with Crippen LogP contribution in [0.15, 0.2) is 122 Å². The van der Waals surface area contributed by atoms with E-state index < -0.39 is 6.10 Å². The van der Waals surface area contributed by atoms with Crippen LogP contribution in [-0.2, 0) is 28.6 Å². The maximum Gasteiger partial charge on any atom is 0.306 e. The first kappa shape index (κ1) is 69.8. The van der Waals surface area contributed by atoms with Crippen LogP contribution in [0, 0.1) is 0 Å². The number of esters is 3. The van der Waals surface area contributed by atoms with Crippen LogP contribution in [0.1, 0.15) is 271 Å². The van der Waals surface area contributed by atoms with Crippen molar-refractivity contribution in [2.24, 2.45) is 0 Å². The van der Waals surface area contributed by atoms with Crippen LogP contribution in [0.4, 0.5) is 0 Å². The van der Waals surface area contributed by atoms with Crippen LogP contribution in [-0.4, -0.2) is 37.2 Å². The largest absolute Gasteiger partial charge is 0.462 e. The summed E-state index contributed by atoms with van der Waals surface area (Å²) < 4.78 is 16.9. The lowest BCUT2D eigenvalue weighted by Crippen LogP contribution is -2.30. The van der Waals surface area contributed by atoms with Crippen LogP contribution in [0.25, 0.3) is 0 Å². The maximum atomic E-state index is 12.9. The quantitative estimate of drug-likeness (QED) is 0.0199. The second-order valence-corrected chi connectivity index (χ2v) is 19.9. The zero-order valence-corrected chi connectivity index (χ0v) is 48.1. The Labute approximate surface area is 456 Å². The van der Waals surface area contributed by atoms with Gasteiger partial charge in [-0.05, 0) is 116 Å². The van der Waals surface area contributed by atoms with Gasteiger partial charge < -0.3 is 14.2 Å². The minimum absolute atomic E-state index is 0.0971. The monoisotopic (exact) mass is 1020 g/mol. The van der Waals surface area contributed by atoms with Gasteiger partial charge in [0.05, 0.1) is 0 Å². The van der Waals surface area contributed by atoms with Crippen LogP contribution >= 0.6 is 0 Å². The van der Waals surface area contributed by atoms with Gasteiger partial charge >= 0.3 is 17.9 Å². The molecule has 6 heteroatoms. The van der Waals surface area contributed by atoms with E-state index in [1.165, 1.54) is 83.5 Å². The zero-order valence-electron chi connectivity index (χ0n) is 48.1. The van der Waals surface area contributed by atoms with Crippen LogP contribution in [0.3, 0.4) is 0 Å². The lowest BCUT2D eigenvalue weighted by Gasteiger charge is -2.18. The van der Waals surface area contributed by atoms with Gasteiger partial charge in [-0.1, -0.05) is 258 Å². The van der Waals surface area contributed by atoms with Crippen molar-refractivity contribution >= 4 is 17.9 Å². The summed E-state index contributed by atoms with van der Waals surface area (Å²) in [5.74, 6) is -0.932. The minimum Gasteiger partial charge on any atom is -0.462 e. The Bertz CT molecular complexity index is 1550. The second kappa shape index (κ2) is 61.4. The fraction of sp³-hybridized carbons (Fsp3) is 0.662. The van der Waals surface area contributed by atoms with Crippen LogP contribution in [0.5, 0.6) is 0 Å². The van der Waals surface area contributed by atoms with E-state index in [-0.39, 0.29) is 31.1 Å². The number of rotatable bonds is 54. The summed E-state index contributed by atoms with van der Waals surface area (Å²) in [7, 11) is 0. The molecule has 420 valence electrons. The van der Waals surface area contributed by atoms with Crippen molar-refractivity contribution in [2.75, 3.05) is 13.2 Å². The lowest BCUT2D eigenvalue weighted by atomic mass is 10.1. The molecule has 0 heterocycles. The highest BCUT2D eigenvalue weighted by Crippen LogP contribution is 2.15. The second-order valence-electron chi connectivity index (χ2n) is 19.9. The third kappa shape index (κ3) is 58.7. The molecule has 0 fully saturated rings. The molecular weight excluding hydrogens is 913 g/mol. The third-order valence-electron chi connectivity index (χ3n) is 12.7. The molecule has 0 bridgehead atoms. The molecule has 1 atom stereocenters. The Morgan fingerprint density at radius 1 is 0.297 bits per heavy atom. The van der Waals surface area contributed by atoms with E-state index in [1.807, 2.05) is 0 Å². The lowest BCUT2D eigenvalue weighted by molar-refractivity contribution is -0.167. The number of ether oxygens (including phenoxy) is 3. The van der Waals surface area contributed by atoms with Gasteiger partial charge in [-0.2, -0.15) is 0 Å². The number of unbranched alkanes of at least 4 members (excludes halogenated alkanes) is 25. The van der Waals surface area contributed by atoms with Gasteiger partial charge in [0.15, 0.2) is 6.10 Å². The van der Waals surface area contributed by atoms with Crippen molar-refractivity contribution in [3.05, 3.63) is 122 Å². The van der Waals surface area contributed by atoms with E-state index in [0.717, 1.165) is 148 Å². The molecule has 0 aliphatic rings. The summed E-state index contributed by atoms with van der Waals surface area (Å²) in [6.45, 7) is 6.38. The molecule has 0 saturated carbocycles. The summed E-state index contributed by atoms with van der Waals surface area (Å²) in [5.41, 5.74) is 0. The Morgan fingerprint density at radius 3 is 0.932 bits per heavy atom. The van der Waals surface area contributed by atoms with Crippen molar-refractivity contribution in [3.8, 4) is 0 Å². The average Bonchev–Trinajstić information content (AvgIpc) is 3.40. The first-order valence-electron chi connectivity index (χ1n) is 30.6. The van der Waals surface area contributed by atoms with Gasteiger partial charge in [0.1, 0.15) is 13.2 Å². The molecule has 6 nitrogen and oxygen atoms in total. The molecule has 0 saturated heterocycles. The minimum atomic E-state index is -0.801. The Balaban J connectivity index is 4.48. The van der Waals surface area contributed by atoms with E-state index in [4.69, 9.17) is 14.2 Å². The summed E-state index contributed by atoms with van der Waals surface area (Å²) in [6.07, 6.45) is 84.7. The highest BCUT2D eigenvalue weighted by molar-refractivity contribution is 5.71.